The second-order valence-corrected chi connectivity index (χ2v) is 3.62. The van der Waals surface area contributed by atoms with Gasteiger partial charge in [-0.3, -0.25) is 0 Å². The van der Waals surface area contributed by atoms with Gasteiger partial charge in [-0.25, -0.2) is 4.39 Å². The Bertz CT molecular complexity index is 589. The number of hydrogen-bond donors (Lipinski definition) is 1. The van der Waals surface area contributed by atoms with Gasteiger partial charge in [0.05, 0.1) is 5.56 Å². The van der Waals surface area contributed by atoms with Gasteiger partial charge in [0.25, 0.3) is 0 Å². The lowest BCUT2D eigenvalue weighted by molar-refractivity contribution is 0.475. The highest BCUT2D eigenvalue weighted by atomic mass is 19.1. The number of benzene rings is 2. The maximum atomic E-state index is 13.7. The van der Waals surface area contributed by atoms with Crippen molar-refractivity contribution in [2.24, 2.45) is 0 Å². The Balaban J connectivity index is 2.43. The maximum absolute atomic E-state index is 13.7. The summed E-state index contributed by atoms with van der Waals surface area (Å²) in [7, 11) is 0. The smallest absolute Gasteiger partial charge is 0.139 e. The number of hydrogen-bond acceptors (Lipinski definition) is 1. The first-order valence-corrected chi connectivity index (χ1v) is 5.22. The van der Waals surface area contributed by atoms with Crippen molar-refractivity contribution < 1.29 is 9.50 Å². The van der Waals surface area contributed by atoms with Crippen molar-refractivity contribution in [3.63, 3.8) is 0 Å². The lowest BCUT2D eigenvalue weighted by Gasteiger charge is -2.03. The molecule has 1 N–H and O–H groups in total. The average Bonchev–Trinajstić information content (AvgIpc) is 2.33. The molecule has 0 atom stereocenters. The largest absolute Gasteiger partial charge is 0.508 e. The van der Waals surface area contributed by atoms with Gasteiger partial charge in [-0.2, -0.15) is 0 Å². The molecular formula is C15H11FO. The van der Waals surface area contributed by atoms with Gasteiger partial charge in [0, 0.05) is 0 Å². The zero-order valence-electron chi connectivity index (χ0n) is 9.37. The molecule has 0 spiro atoms. The maximum Gasteiger partial charge on any atom is 0.139 e. The Morgan fingerprint density at radius 1 is 1.00 bits per heavy atom. The van der Waals surface area contributed by atoms with E-state index in [1.54, 1.807) is 37.3 Å². The molecule has 2 rings (SSSR count). The summed E-state index contributed by atoms with van der Waals surface area (Å²) in [4.78, 5) is 0. The van der Waals surface area contributed by atoms with Gasteiger partial charge in [-0.1, -0.05) is 24.1 Å². The summed E-state index contributed by atoms with van der Waals surface area (Å²) in [6, 6.07) is 11.6. The first-order chi connectivity index (χ1) is 8.20. The lowest BCUT2D eigenvalue weighted by Crippen LogP contribution is -1.85. The monoisotopic (exact) mass is 226 g/mol. The van der Waals surface area contributed by atoms with Crippen LogP contribution in [0.25, 0.3) is 11.1 Å². The fourth-order valence-electron chi connectivity index (χ4n) is 1.58. The molecule has 17 heavy (non-hydrogen) atoms. The van der Waals surface area contributed by atoms with E-state index in [9.17, 15) is 9.50 Å². The van der Waals surface area contributed by atoms with Gasteiger partial charge in [-0.05, 0) is 42.3 Å². The van der Waals surface area contributed by atoms with Crippen LogP contribution in [0.5, 0.6) is 5.75 Å². The minimum absolute atomic E-state index is 0.197. The highest BCUT2D eigenvalue weighted by Crippen LogP contribution is 2.23. The summed E-state index contributed by atoms with van der Waals surface area (Å²) >= 11 is 0. The average molecular weight is 226 g/mol. The van der Waals surface area contributed by atoms with E-state index >= 15 is 0 Å². The first kappa shape index (κ1) is 11.2. The van der Waals surface area contributed by atoms with Crippen molar-refractivity contribution in [2.75, 3.05) is 0 Å². The summed E-state index contributed by atoms with van der Waals surface area (Å²) in [5, 5.41) is 9.18. The molecule has 0 aliphatic rings. The molecule has 0 aliphatic heterocycles. The van der Waals surface area contributed by atoms with Gasteiger partial charge >= 0.3 is 0 Å². The Labute approximate surface area is 99.5 Å². The molecule has 0 bridgehead atoms. The number of phenols is 1. The molecule has 84 valence electrons. The van der Waals surface area contributed by atoms with E-state index in [0.29, 0.717) is 5.56 Å². The van der Waals surface area contributed by atoms with Crippen LogP contribution in [0.2, 0.25) is 0 Å². The molecule has 0 amide bonds. The number of phenolic OH excluding ortho intramolecular Hbond substituents is 1. The van der Waals surface area contributed by atoms with Gasteiger partial charge < -0.3 is 5.11 Å². The van der Waals surface area contributed by atoms with E-state index in [1.165, 1.54) is 6.07 Å². The molecule has 0 aromatic heterocycles. The van der Waals surface area contributed by atoms with E-state index in [1.807, 2.05) is 6.07 Å². The molecule has 0 unspecified atom stereocenters. The first-order valence-electron chi connectivity index (χ1n) is 5.22. The lowest BCUT2D eigenvalue weighted by atomic mass is 10.0. The molecule has 1 nitrogen and oxygen atoms in total. The fourth-order valence-corrected chi connectivity index (χ4v) is 1.58. The van der Waals surface area contributed by atoms with Crippen molar-refractivity contribution in [2.45, 2.75) is 6.92 Å². The van der Waals surface area contributed by atoms with Gasteiger partial charge in [0.1, 0.15) is 11.6 Å². The number of rotatable bonds is 1. The highest BCUT2D eigenvalue weighted by Gasteiger charge is 2.03. The molecule has 0 radical (unpaired) electrons. The van der Waals surface area contributed by atoms with Gasteiger partial charge in [-0.15, -0.1) is 5.92 Å². The van der Waals surface area contributed by atoms with Crippen molar-refractivity contribution >= 4 is 0 Å². The van der Waals surface area contributed by atoms with Crippen molar-refractivity contribution in [1.29, 1.82) is 0 Å². The summed E-state index contributed by atoms with van der Waals surface area (Å²) < 4.78 is 13.7. The molecule has 0 saturated carbocycles. The van der Waals surface area contributed by atoms with E-state index in [-0.39, 0.29) is 11.6 Å². The molecule has 0 saturated heterocycles. The Kier molecular flexibility index (Phi) is 3.11. The van der Waals surface area contributed by atoms with Crippen molar-refractivity contribution in [1.82, 2.24) is 0 Å². The molecular weight excluding hydrogens is 215 g/mol. The normalized spacial score (nSPS) is 9.53. The second-order valence-electron chi connectivity index (χ2n) is 3.62. The van der Waals surface area contributed by atoms with Crippen molar-refractivity contribution in [3.8, 4) is 28.7 Å². The molecule has 0 fully saturated rings. The van der Waals surface area contributed by atoms with Crippen molar-refractivity contribution in [3.05, 3.63) is 53.8 Å². The summed E-state index contributed by atoms with van der Waals surface area (Å²) in [6.07, 6.45) is 0. The zero-order chi connectivity index (χ0) is 12.3. The second kappa shape index (κ2) is 4.71. The third-order valence-corrected chi connectivity index (χ3v) is 2.43. The molecule has 2 aromatic carbocycles. The third-order valence-electron chi connectivity index (χ3n) is 2.43. The predicted molar refractivity (Wildman–Crippen MR) is 66.1 cm³/mol. The Hall–Kier alpha value is -2.27. The summed E-state index contributed by atoms with van der Waals surface area (Å²) in [5.41, 5.74) is 2.02. The Morgan fingerprint density at radius 2 is 1.65 bits per heavy atom. The van der Waals surface area contributed by atoms with Crippen LogP contribution in [0.1, 0.15) is 12.5 Å². The third kappa shape index (κ3) is 2.46. The number of halogens is 1. The Morgan fingerprint density at radius 3 is 2.24 bits per heavy atom. The molecule has 0 aliphatic carbocycles. The van der Waals surface area contributed by atoms with Crippen LogP contribution >= 0.6 is 0 Å². The van der Waals surface area contributed by atoms with Crippen LogP contribution in [0, 0.1) is 17.7 Å². The van der Waals surface area contributed by atoms with Crippen LogP contribution < -0.4 is 0 Å². The van der Waals surface area contributed by atoms with Crippen LogP contribution in [-0.2, 0) is 0 Å². The SMILES string of the molecule is CC#Cc1ccc(-c2ccc(O)cc2)cc1F. The summed E-state index contributed by atoms with van der Waals surface area (Å²) in [5.74, 6) is 5.24. The predicted octanol–water partition coefficient (Wildman–Crippen LogP) is 3.57. The minimum atomic E-state index is -0.329. The number of aromatic hydroxyl groups is 1. The van der Waals surface area contributed by atoms with E-state index < -0.39 is 0 Å². The van der Waals surface area contributed by atoms with E-state index in [4.69, 9.17) is 0 Å². The van der Waals surface area contributed by atoms with Crippen LogP contribution in [0.3, 0.4) is 0 Å². The van der Waals surface area contributed by atoms with Crippen LogP contribution in [0.15, 0.2) is 42.5 Å². The molecule has 2 heteroatoms. The van der Waals surface area contributed by atoms with Gasteiger partial charge in [0.2, 0.25) is 0 Å². The quantitative estimate of drug-likeness (QED) is 0.737. The fraction of sp³-hybridized carbons (Fsp3) is 0.0667. The topological polar surface area (TPSA) is 20.2 Å². The molecule has 2 aromatic rings. The molecule has 0 heterocycles. The van der Waals surface area contributed by atoms with Gasteiger partial charge in [0.15, 0.2) is 0 Å². The van der Waals surface area contributed by atoms with E-state index in [0.717, 1.165) is 11.1 Å². The summed E-state index contributed by atoms with van der Waals surface area (Å²) in [6.45, 7) is 1.67. The van der Waals surface area contributed by atoms with Crippen LogP contribution in [0.4, 0.5) is 4.39 Å². The highest BCUT2D eigenvalue weighted by molar-refractivity contribution is 5.65. The van der Waals surface area contributed by atoms with E-state index in [2.05, 4.69) is 11.8 Å². The van der Waals surface area contributed by atoms with Crippen LogP contribution in [-0.4, -0.2) is 5.11 Å². The zero-order valence-corrected chi connectivity index (χ0v) is 9.37. The minimum Gasteiger partial charge on any atom is -0.508 e. The standard InChI is InChI=1S/C15H11FO/c1-2-3-12-4-5-13(10-15(12)16)11-6-8-14(17)9-7-11/h4-10,17H,1H3.